The molecule has 3 rings (SSSR count). The van der Waals surface area contributed by atoms with Crippen LogP contribution in [-0.4, -0.2) is 55.5 Å². The highest BCUT2D eigenvalue weighted by molar-refractivity contribution is 5.86. The predicted octanol–water partition coefficient (Wildman–Crippen LogP) is 3.16. The van der Waals surface area contributed by atoms with Crippen molar-refractivity contribution in [1.29, 1.82) is 0 Å². The molecule has 0 fully saturated rings. The fourth-order valence-electron chi connectivity index (χ4n) is 4.07. The maximum atomic E-state index is 12.4. The first kappa shape index (κ1) is 24.3. The SMILES string of the molecule is COC(CCNC(=O)OCC1c2ccccc2-c2ccccc21)C(=O)NC(C(=O)O)C(C)C. The Labute approximate surface area is 193 Å². The standard InChI is InChI=1S/C25H30N2O6/c1-15(2)22(24(29)30)27-23(28)21(32-3)12-13-26-25(31)33-14-20-18-10-6-4-8-16(18)17-9-5-7-11-19(17)20/h4-11,15,20-22H,12-14H2,1-3H3,(H,26,31)(H,27,28)(H,29,30). The third-order valence-corrected chi connectivity index (χ3v) is 5.83. The van der Waals surface area contributed by atoms with Gasteiger partial charge in [-0.3, -0.25) is 4.79 Å². The fraction of sp³-hybridized carbons (Fsp3) is 0.400. The van der Waals surface area contributed by atoms with Gasteiger partial charge in [0.05, 0.1) is 0 Å². The molecule has 0 bridgehead atoms. The van der Waals surface area contributed by atoms with Crippen molar-refractivity contribution in [2.24, 2.45) is 5.92 Å². The summed E-state index contributed by atoms with van der Waals surface area (Å²) in [5.74, 6) is -1.95. The summed E-state index contributed by atoms with van der Waals surface area (Å²) in [6, 6.07) is 15.2. The molecule has 2 amide bonds. The van der Waals surface area contributed by atoms with E-state index in [1.165, 1.54) is 7.11 Å². The summed E-state index contributed by atoms with van der Waals surface area (Å²) in [6.45, 7) is 3.75. The van der Waals surface area contributed by atoms with Crippen LogP contribution in [0.4, 0.5) is 4.79 Å². The van der Waals surface area contributed by atoms with Gasteiger partial charge in [-0.15, -0.1) is 0 Å². The quantitative estimate of drug-likeness (QED) is 0.508. The summed E-state index contributed by atoms with van der Waals surface area (Å²) in [4.78, 5) is 35.9. The normalized spacial score (nSPS) is 14.2. The Hall–Kier alpha value is -3.39. The lowest BCUT2D eigenvalue weighted by molar-refractivity contribution is -0.145. The molecule has 0 radical (unpaired) electrons. The highest BCUT2D eigenvalue weighted by atomic mass is 16.5. The molecular weight excluding hydrogens is 424 g/mol. The zero-order chi connectivity index (χ0) is 24.0. The Morgan fingerprint density at radius 3 is 2.09 bits per heavy atom. The second kappa shape index (κ2) is 11.0. The van der Waals surface area contributed by atoms with Crippen LogP contribution in [0.5, 0.6) is 0 Å². The molecule has 33 heavy (non-hydrogen) atoms. The van der Waals surface area contributed by atoms with Crippen LogP contribution in [0.15, 0.2) is 48.5 Å². The van der Waals surface area contributed by atoms with Crippen molar-refractivity contribution >= 4 is 18.0 Å². The van der Waals surface area contributed by atoms with E-state index in [-0.39, 0.29) is 31.4 Å². The number of aliphatic carboxylic acids is 1. The van der Waals surface area contributed by atoms with E-state index in [1.807, 2.05) is 36.4 Å². The first-order valence-corrected chi connectivity index (χ1v) is 11.0. The predicted molar refractivity (Wildman–Crippen MR) is 123 cm³/mol. The molecule has 1 aliphatic carbocycles. The smallest absolute Gasteiger partial charge is 0.407 e. The van der Waals surface area contributed by atoms with Gasteiger partial charge in [0.1, 0.15) is 18.8 Å². The van der Waals surface area contributed by atoms with Gasteiger partial charge in [0.15, 0.2) is 0 Å². The molecule has 0 saturated heterocycles. The molecule has 8 heteroatoms. The molecule has 0 aromatic heterocycles. The molecule has 3 N–H and O–H groups in total. The summed E-state index contributed by atoms with van der Waals surface area (Å²) >= 11 is 0. The summed E-state index contributed by atoms with van der Waals surface area (Å²) in [6.07, 6.45) is -1.30. The third-order valence-electron chi connectivity index (χ3n) is 5.83. The van der Waals surface area contributed by atoms with E-state index in [9.17, 15) is 19.5 Å². The highest BCUT2D eigenvalue weighted by Gasteiger charge is 2.29. The Bertz CT molecular complexity index is 960. The zero-order valence-electron chi connectivity index (χ0n) is 19.0. The van der Waals surface area contributed by atoms with E-state index in [4.69, 9.17) is 9.47 Å². The Morgan fingerprint density at radius 1 is 1.00 bits per heavy atom. The summed E-state index contributed by atoms with van der Waals surface area (Å²) in [5.41, 5.74) is 4.55. The van der Waals surface area contributed by atoms with E-state index in [0.29, 0.717) is 0 Å². The topological polar surface area (TPSA) is 114 Å². The van der Waals surface area contributed by atoms with Crippen molar-refractivity contribution < 1.29 is 29.0 Å². The summed E-state index contributed by atoms with van der Waals surface area (Å²) < 4.78 is 10.7. The van der Waals surface area contributed by atoms with Gasteiger partial charge < -0.3 is 25.2 Å². The van der Waals surface area contributed by atoms with Crippen molar-refractivity contribution in [2.45, 2.75) is 38.3 Å². The minimum Gasteiger partial charge on any atom is -0.480 e. The number of fused-ring (bicyclic) bond motifs is 3. The van der Waals surface area contributed by atoms with Crippen molar-refractivity contribution in [3.05, 3.63) is 59.7 Å². The van der Waals surface area contributed by atoms with Crippen LogP contribution >= 0.6 is 0 Å². The maximum absolute atomic E-state index is 12.4. The number of ether oxygens (including phenoxy) is 2. The lowest BCUT2D eigenvalue weighted by Crippen LogP contribution is -2.49. The van der Waals surface area contributed by atoms with Gasteiger partial charge in [0, 0.05) is 26.0 Å². The second-order valence-electron chi connectivity index (χ2n) is 8.33. The zero-order valence-corrected chi connectivity index (χ0v) is 19.0. The fourth-order valence-corrected chi connectivity index (χ4v) is 4.07. The largest absolute Gasteiger partial charge is 0.480 e. The monoisotopic (exact) mass is 454 g/mol. The lowest BCUT2D eigenvalue weighted by Gasteiger charge is -2.21. The number of hydrogen-bond acceptors (Lipinski definition) is 5. The van der Waals surface area contributed by atoms with Crippen molar-refractivity contribution in [3.8, 4) is 11.1 Å². The van der Waals surface area contributed by atoms with Gasteiger partial charge in [-0.25, -0.2) is 9.59 Å². The van der Waals surface area contributed by atoms with Crippen molar-refractivity contribution in [2.75, 3.05) is 20.3 Å². The summed E-state index contributed by atoms with van der Waals surface area (Å²) in [5, 5.41) is 14.4. The molecule has 8 nitrogen and oxygen atoms in total. The lowest BCUT2D eigenvalue weighted by atomic mass is 9.98. The van der Waals surface area contributed by atoms with Gasteiger partial charge in [0.25, 0.3) is 0 Å². The number of rotatable bonds is 10. The molecular formula is C25H30N2O6. The van der Waals surface area contributed by atoms with Crippen molar-refractivity contribution in [1.82, 2.24) is 10.6 Å². The van der Waals surface area contributed by atoms with Crippen LogP contribution in [0.1, 0.15) is 37.3 Å². The van der Waals surface area contributed by atoms with E-state index >= 15 is 0 Å². The number of carbonyl (C=O) groups excluding carboxylic acids is 2. The molecule has 0 saturated carbocycles. The minimum atomic E-state index is -1.11. The number of alkyl carbamates (subject to hydrolysis) is 1. The molecule has 0 spiro atoms. The molecule has 0 aliphatic heterocycles. The van der Waals surface area contributed by atoms with E-state index in [2.05, 4.69) is 22.8 Å². The molecule has 2 atom stereocenters. The van der Waals surface area contributed by atoms with Crippen LogP contribution in [-0.2, 0) is 19.1 Å². The minimum absolute atomic E-state index is 0.0374. The van der Waals surface area contributed by atoms with Gasteiger partial charge in [-0.05, 0) is 28.2 Å². The van der Waals surface area contributed by atoms with Crippen LogP contribution in [0, 0.1) is 5.92 Å². The number of amides is 2. The number of methoxy groups -OCH3 is 1. The Morgan fingerprint density at radius 2 is 1.58 bits per heavy atom. The van der Waals surface area contributed by atoms with Crippen LogP contribution in [0.2, 0.25) is 0 Å². The van der Waals surface area contributed by atoms with Gasteiger partial charge in [-0.1, -0.05) is 62.4 Å². The summed E-state index contributed by atoms with van der Waals surface area (Å²) in [7, 11) is 1.36. The van der Waals surface area contributed by atoms with Gasteiger partial charge >= 0.3 is 12.1 Å². The van der Waals surface area contributed by atoms with E-state index < -0.39 is 30.1 Å². The number of nitrogens with one attached hydrogen (secondary N) is 2. The highest BCUT2D eigenvalue weighted by Crippen LogP contribution is 2.44. The Kier molecular flexibility index (Phi) is 8.06. The number of carboxylic acid groups (broad SMARTS) is 1. The maximum Gasteiger partial charge on any atom is 0.407 e. The number of hydrogen-bond donors (Lipinski definition) is 3. The molecule has 1 aliphatic rings. The van der Waals surface area contributed by atoms with Gasteiger partial charge in [-0.2, -0.15) is 0 Å². The van der Waals surface area contributed by atoms with E-state index in [0.717, 1.165) is 22.3 Å². The Balaban J connectivity index is 1.50. The third kappa shape index (κ3) is 5.70. The average molecular weight is 455 g/mol. The van der Waals surface area contributed by atoms with Crippen LogP contribution in [0.3, 0.4) is 0 Å². The molecule has 176 valence electrons. The number of carbonyl (C=O) groups is 3. The number of benzene rings is 2. The molecule has 0 heterocycles. The molecule has 2 aromatic carbocycles. The molecule has 2 aromatic rings. The second-order valence-corrected chi connectivity index (χ2v) is 8.33. The number of carboxylic acids is 1. The van der Waals surface area contributed by atoms with E-state index in [1.54, 1.807) is 13.8 Å². The van der Waals surface area contributed by atoms with Crippen LogP contribution in [0.25, 0.3) is 11.1 Å². The van der Waals surface area contributed by atoms with Gasteiger partial charge in [0.2, 0.25) is 5.91 Å². The van der Waals surface area contributed by atoms with Crippen molar-refractivity contribution in [3.63, 3.8) is 0 Å². The first-order valence-electron chi connectivity index (χ1n) is 11.0. The average Bonchev–Trinajstić information content (AvgIpc) is 3.12. The van der Waals surface area contributed by atoms with Crippen LogP contribution < -0.4 is 10.6 Å². The first-order chi connectivity index (χ1) is 15.8. The molecule has 2 unspecified atom stereocenters.